The van der Waals surface area contributed by atoms with E-state index in [0.29, 0.717) is 29.0 Å². The van der Waals surface area contributed by atoms with Crippen LogP contribution in [0.15, 0.2) is 12.3 Å². The predicted molar refractivity (Wildman–Crippen MR) is 125 cm³/mol. The topological polar surface area (TPSA) is 107 Å². The van der Waals surface area contributed by atoms with Gasteiger partial charge in [-0.05, 0) is 51.2 Å². The molecule has 8 nitrogen and oxygen atoms in total. The number of aryl methyl sites for hydroxylation is 1. The Balaban J connectivity index is 1.67. The molecule has 3 N–H and O–H groups in total. The number of thiazole rings is 1. The van der Waals surface area contributed by atoms with E-state index in [0.717, 1.165) is 24.2 Å². The van der Waals surface area contributed by atoms with Crippen LogP contribution in [0.4, 0.5) is 19.0 Å². The summed E-state index contributed by atoms with van der Waals surface area (Å²) in [5.41, 5.74) is 1.24. The first-order valence-corrected chi connectivity index (χ1v) is 12.4. The van der Waals surface area contributed by atoms with Gasteiger partial charge in [0.1, 0.15) is 17.6 Å². The number of nitrogens with one attached hydrogen (secondary N) is 2. The Labute approximate surface area is 205 Å². The van der Waals surface area contributed by atoms with Crippen LogP contribution in [0.1, 0.15) is 65.4 Å². The molecule has 4 rings (SSSR count). The molecular weight excluding hydrogens is 483 g/mol. The van der Waals surface area contributed by atoms with Crippen LogP contribution in [0, 0.1) is 6.92 Å². The number of aromatic nitrogens is 2. The minimum atomic E-state index is -4.41. The molecule has 0 aromatic carbocycles. The molecule has 2 amide bonds. The van der Waals surface area contributed by atoms with Crippen LogP contribution in [0.3, 0.4) is 0 Å². The van der Waals surface area contributed by atoms with E-state index in [1.165, 1.54) is 19.2 Å². The van der Waals surface area contributed by atoms with E-state index in [1.54, 1.807) is 11.8 Å². The Bertz CT molecular complexity index is 1120. The van der Waals surface area contributed by atoms with Crippen LogP contribution >= 0.6 is 11.3 Å². The molecule has 0 spiro atoms. The number of hydrogen-bond acceptors (Lipinski definition) is 7. The highest BCUT2D eigenvalue weighted by Gasteiger charge is 2.39. The smallest absolute Gasteiger partial charge is 0.391 e. The largest absolute Gasteiger partial charge is 0.408 e. The van der Waals surface area contributed by atoms with Gasteiger partial charge in [-0.15, -0.1) is 11.3 Å². The summed E-state index contributed by atoms with van der Waals surface area (Å²) in [6.45, 7) is 5.69. The van der Waals surface area contributed by atoms with E-state index in [-0.39, 0.29) is 40.9 Å². The average Bonchev–Trinajstić information content (AvgIpc) is 3.16. The molecule has 3 heterocycles. The van der Waals surface area contributed by atoms with E-state index < -0.39 is 24.2 Å². The van der Waals surface area contributed by atoms with Crippen molar-refractivity contribution in [2.24, 2.45) is 0 Å². The zero-order chi connectivity index (χ0) is 25.5. The number of halogens is 3. The molecule has 2 aromatic rings. The van der Waals surface area contributed by atoms with Crippen molar-refractivity contribution in [1.82, 2.24) is 20.2 Å². The van der Waals surface area contributed by atoms with Gasteiger partial charge in [-0.1, -0.05) is 6.92 Å². The second-order valence-electron chi connectivity index (χ2n) is 9.10. The van der Waals surface area contributed by atoms with E-state index in [4.69, 9.17) is 0 Å². The lowest BCUT2D eigenvalue weighted by Crippen LogP contribution is -2.35. The molecule has 0 bridgehead atoms. The zero-order valence-corrected chi connectivity index (χ0v) is 20.5. The Kier molecular flexibility index (Phi) is 7.05. The van der Waals surface area contributed by atoms with Crippen molar-refractivity contribution < 1.29 is 27.9 Å². The molecular formula is C23H28F3N5O3S. The number of alkyl halides is 3. The Morgan fingerprint density at radius 2 is 2.09 bits per heavy atom. The summed E-state index contributed by atoms with van der Waals surface area (Å²) >= 11 is 1.03. The van der Waals surface area contributed by atoms with Crippen molar-refractivity contribution in [2.45, 2.75) is 76.9 Å². The summed E-state index contributed by atoms with van der Waals surface area (Å²) in [7, 11) is 0. The highest BCUT2D eigenvalue weighted by Crippen LogP contribution is 2.36. The maximum absolute atomic E-state index is 13.4. The summed E-state index contributed by atoms with van der Waals surface area (Å²) in [4.78, 5) is 36.8. The maximum atomic E-state index is 13.4. The fourth-order valence-corrected chi connectivity index (χ4v) is 5.18. The maximum Gasteiger partial charge on any atom is 0.408 e. The Hall–Kier alpha value is -2.73. The van der Waals surface area contributed by atoms with Gasteiger partial charge in [0.2, 0.25) is 0 Å². The van der Waals surface area contributed by atoms with Gasteiger partial charge in [-0.25, -0.2) is 9.97 Å². The van der Waals surface area contributed by atoms with Crippen molar-refractivity contribution >= 4 is 29.0 Å². The number of nitrogens with zero attached hydrogens (tertiary/aromatic N) is 3. The van der Waals surface area contributed by atoms with E-state index in [2.05, 4.69) is 20.6 Å². The minimum Gasteiger partial charge on any atom is -0.391 e. The number of pyridine rings is 1. The van der Waals surface area contributed by atoms with Crippen molar-refractivity contribution in [3.05, 3.63) is 28.5 Å². The SMILES string of the molecule is CC[C@H](Nc1cc(C)c(-c2sc(C(=O)N[C@@H]3C[C@H]3O)nc2C(=O)N2CCC[C@@H]2C)cn1)C(F)(F)F. The molecule has 0 radical (unpaired) electrons. The quantitative estimate of drug-likeness (QED) is 0.523. The number of carbonyl (C=O) groups excluding carboxylic acids is 2. The van der Waals surface area contributed by atoms with Gasteiger partial charge in [-0.3, -0.25) is 9.59 Å². The molecule has 12 heteroatoms. The lowest BCUT2D eigenvalue weighted by Gasteiger charge is -2.22. The second-order valence-corrected chi connectivity index (χ2v) is 10.1. The second kappa shape index (κ2) is 9.73. The van der Waals surface area contributed by atoms with Gasteiger partial charge in [0.15, 0.2) is 5.01 Å². The van der Waals surface area contributed by atoms with Crippen molar-refractivity contribution in [3.63, 3.8) is 0 Å². The normalized spacial score (nSPS) is 22.7. The summed E-state index contributed by atoms with van der Waals surface area (Å²) in [5.74, 6) is -0.704. The lowest BCUT2D eigenvalue weighted by atomic mass is 10.1. The Morgan fingerprint density at radius 1 is 1.37 bits per heavy atom. The number of aliphatic hydroxyl groups excluding tert-OH is 1. The third kappa shape index (κ3) is 5.43. The molecule has 4 atom stereocenters. The van der Waals surface area contributed by atoms with Gasteiger partial charge >= 0.3 is 6.18 Å². The fraction of sp³-hybridized carbons (Fsp3) is 0.565. The lowest BCUT2D eigenvalue weighted by molar-refractivity contribution is -0.142. The molecule has 35 heavy (non-hydrogen) atoms. The summed E-state index contributed by atoms with van der Waals surface area (Å²) < 4.78 is 39.5. The predicted octanol–water partition coefficient (Wildman–Crippen LogP) is 3.75. The third-order valence-corrected chi connectivity index (χ3v) is 7.48. The van der Waals surface area contributed by atoms with Crippen LogP contribution < -0.4 is 10.6 Å². The van der Waals surface area contributed by atoms with Gasteiger partial charge in [-0.2, -0.15) is 13.2 Å². The number of amides is 2. The number of anilines is 1. The molecule has 0 unspecified atom stereocenters. The third-order valence-electron chi connectivity index (χ3n) is 6.39. The van der Waals surface area contributed by atoms with Gasteiger partial charge in [0.25, 0.3) is 11.8 Å². The molecule has 1 saturated heterocycles. The number of aliphatic hydroxyl groups is 1. The summed E-state index contributed by atoms with van der Waals surface area (Å²) in [5, 5.41) is 14.7. The van der Waals surface area contributed by atoms with Crippen LogP contribution in [0.5, 0.6) is 0 Å². The van der Waals surface area contributed by atoms with Crippen LogP contribution in [-0.4, -0.2) is 68.7 Å². The van der Waals surface area contributed by atoms with Crippen LogP contribution in [-0.2, 0) is 0 Å². The van der Waals surface area contributed by atoms with E-state index in [9.17, 15) is 27.9 Å². The summed E-state index contributed by atoms with van der Waals surface area (Å²) in [6, 6.07) is -0.529. The highest BCUT2D eigenvalue weighted by atomic mass is 32.1. The first-order chi connectivity index (χ1) is 16.5. The van der Waals surface area contributed by atoms with Crippen molar-refractivity contribution in [3.8, 4) is 10.4 Å². The molecule has 2 aromatic heterocycles. The molecule has 1 saturated carbocycles. The molecule has 190 valence electrons. The first kappa shape index (κ1) is 25.4. The van der Waals surface area contributed by atoms with E-state index in [1.807, 2.05) is 6.92 Å². The van der Waals surface area contributed by atoms with Gasteiger partial charge in [0.05, 0.1) is 17.0 Å². The molecule has 1 aliphatic carbocycles. The number of likely N-dealkylation sites (tertiary alicyclic amines) is 1. The fourth-order valence-electron chi connectivity index (χ4n) is 4.15. The van der Waals surface area contributed by atoms with Gasteiger partial charge in [0, 0.05) is 24.3 Å². The number of hydrogen-bond donors (Lipinski definition) is 3. The molecule has 2 aliphatic rings. The summed E-state index contributed by atoms with van der Waals surface area (Å²) in [6.07, 6.45) is -1.53. The Morgan fingerprint density at radius 3 is 2.63 bits per heavy atom. The first-order valence-electron chi connectivity index (χ1n) is 11.6. The van der Waals surface area contributed by atoms with E-state index >= 15 is 0 Å². The van der Waals surface area contributed by atoms with Crippen LogP contribution in [0.25, 0.3) is 10.4 Å². The monoisotopic (exact) mass is 511 g/mol. The molecule has 1 aliphatic heterocycles. The molecule has 2 fully saturated rings. The zero-order valence-electron chi connectivity index (χ0n) is 19.6. The average molecular weight is 512 g/mol. The number of carbonyl (C=O) groups is 2. The van der Waals surface area contributed by atoms with Gasteiger partial charge < -0.3 is 20.6 Å². The van der Waals surface area contributed by atoms with Crippen molar-refractivity contribution in [1.29, 1.82) is 0 Å². The standard InChI is InChI=1S/C23H28F3N5O3S/c1-4-16(23(24,25)26)29-17-8-11(2)13(10-27-17)19-18(22(34)31-7-5-6-12(31)3)30-21(35-19)20(33)28-14-9-15(14)32/h8,10,12,14-16,32H,4-7,9H2,1-3H3,(H,27,29)(H,28,33)/t12-,14+,15+,16-/m0/s1. The highest BCUT2D eigenvalue weighted by molar-refractivity contribution is 7.17. The van der Waals surface area contributed by atoms with Crippen molar-refractivity contribution in [2.75, 3.05) is 11.9 Å². The number of rotatable bonds is 7. The van der Waals surface area contributed by atoms with Crippen LogP contribution in [0.2, 0.25) is 0 Å². The minimum absolute atomic E-state index is 0.0371.